The van der Waals surface area contributed by atoms with Crippen LogP contribution in [0.3, 0.4) is 0 Å². The molecule has 0 bridgehead atoms. The molecule has 5 heteroatoms. The van der Waals surface area contributed by atoms with Gasteiger partial charge in [-0.25, -0.2) is 13.6 Å². The maximum atomic E-state index is 10.7. The number of alkyl halides is 2. The van der Waals surface area contributed by atoms with Gasteiger partial charge in [0.05, 0.1) is 0 Å². The molecule has 0 aromatic carbocycles. The zero-order valence-corrected chi connectivity index (χ0v) is 6.02. The lowest BCUT2D eigenvalue weighted by Crippen LogP contribution is -1.88. The Morgan fingerprint density at radius 1 is 1.45 bits per heavy atom. The van der Waals surface area contributed by atoms with Crippen molar-refractivity contribution in [2.45, 2.75) is 6.92 Å². The molecule has 0 fully saturated rings. The average Bonchev–Trinajstić information content (AvgIpc) is 2.05. The fraction of sp³-hybridized carbons (Fsp3) is 0.500. The molecule has 0 atom stereocenters. The van der Waals surface area contributed by atoms with Crippen LogP contribution in [0.2, 0.25) is 0 Å². The van der Waals surface area contributed by atoms with Gasteiger partial charge in [0.2, 0.25) is 0 Å². The molecule has 0 unspecified atom stereocenters. The normalized spacial score (nSPS) is 8.73. The van der Waals surface area contributed by atoms with Crippen LogP contribution < -0.4 is 0 Å². The van der Waals surface area contributed by atoms with Gasteiger partial charge in [0, 0.05) is 10.6 Å². The Labute approximate surface area is 62.6 Å². The Kier molecular flexibility index (Phi) is 13.5. The smallest absolute Gasteiger partial charge is 0.250 e. The first kappa shape index (κ1) is 12.7. The minimum Gasteiger partial charge on any atom is -0.250 e. The lowest BCUT2D eigenvalue weighted by molar-refractivity contribution is -0.176. The number of carbonyl (C=O) groups is 1. The standard InChI is InChI=1S/C4H5FO2.C2H4F2/c1-2-3-4(6)7-5;3-1-2-4/h2-3H,1H3;1-2H2/b3-2+;. The zero-order chi connectivity index (χ0) is 9.11. The van der Waals surface area contributed by atoms with Crippen molar-refractivity contribution < 1.29 is 23.0 Å². The molecule has 0 spiro atoms. The van der Waals surface area contributed by atoms with E-state index < -0.39 is 19.3 Å². The summed E-state index contributed by atoms with van der Waals surface area (Å²) in [6, 6.07) is 0. The molecule has 0 aromatic heterocycles. The van der Waals surface area contributed by atoms with E-state index in [2.05, 4.69) is 4.94 Å². The van der Waals surface area contributed by atoms with E-state index in [4.69, 9.17) is 0 Å². The topological polar surface area (TPSA) is 26.3 Å². The molecule has 0 aromatic rings. The van der Waals surface area contributed by atoms with Crippen LogP contribution in [0.4, 0.5) is 13.3 Å². The summed E-state index contributed by atoms with van der Waals surface area (Å²) in [7, 11) is 0. The van der Waals surface area contributed by atoms with Crippen LogP contribution in [0.1, 0.15) is 6.92 Å². The molecule has 0 aliphatic heterocycles. The van der Waals surface area contributed by atoms with Crippen molar-refractivity contribution in [3.8, 4) is 0 Å². The first-order valence-corrected chi connectivity index (χ1v) is 2.80. The Morgan fingerprint density at radius 2 is 1.91 bits per heavy atom. The van der Waals surface area contributed by atoms with E-state index in [0.29, 0.717) is 0 Å². The van der Waals surface area contributed by atoms with Crippen LogP contribution in [0.5, 0.6) is 0 Å². The quantitative estimate of drug-likeness (QED) is 0.592. The third kappa shape index (κ3) is 17.6. The van der Waals surface area contributed by atoms with Gasteiger partial charge < -0.3 is 0 Å². The third-order valence-corrected chi connectivity index (χ3v) is 0.450. The van der Waals surface area contributed by atoms with E-state index in [0.717, 1.165) is 6.08 Å². The van der Waals surface area contributed by atoms with Crippen LogP contribution in [-0.4, -0.2) is 19.3 Å². The molecule has 0 heterocycles. The number of allylic oxidation sites excluding steroid dienone is 1. The number of hydrogen-bond acceptors (Lipinski definition) is 2. The third-order valence-electron chi connectivity index (χ3n) is 0.450. The molecular formula is C6H9F3O2. The lowest BCUT2D eigenvalue weighted by Gasteiger charge is -1.76. The van der Waals surface area contributed by atoms with Gasteiger partial charge in [0.25, 0.3) is 0 Å². The summed E-state index contributed by atoms with van der Waals surface area (Å²) in [5.41, 5.74) is 0. The second-order valence-electron chi connectivity index (χ2n) is 1.27. The van der Waals surface area contributed by atoms with Crippen LogP contribution in [-0.2, 0) is 9.74 Å². The average molecular weight is 170 g/mol. The van der Waals surface area contributed by atoms with E-state index in [1.807, 2.05) is 0 Å². The maximum absolute atomic E-state index is 10.7. The van der Waals surface area contributed by atoms with Crippen molar-refractivity contribution in [3.63, 3.8) is 0 Å². The second-order valence-corrected chi connectivity index (χ2v) is 1.27. The summed E-state index contributed by atoms with van der Waals surface area (Å²) in [5.74, 6) is -0.970. The Bertz CT molecular complexity index is 112. The van der Waals surface area contributed by atoms with E-state index in [-0.39, 0.29) is 0 Å². The highest BCUT2D eigenvalue weighted by molar-refractivity contribution is 5.81. The number of carbonyl (C=O) groups excluding carboxylic acids is 1. The van der Waals surface area contributed by atoms with Gasteiger partial charge in [-0.1, -0.05) is 6.08 Å². The van der Waals surface area contributed by atoms with Crippen LogP contribution >= 0.6 is 0 Å². The second kappa shape index (κ2) is 11.8. The van der Waals surface area contributed by atoms with Crippen LogP contribution in [0, 0.1) is 0 Å². The lowest BCUT2D eigenvalue weighted by atomic mass is 10.5. The van der Waals surface area contributed by atoms with Gasteiger partial charge >= 0.3 is 5.97 Å². The molecule has 11 heavy (non-hydrogen) atoms. The van der Waals surface area contributed by atoms with E-state index in [1.54, 1.807) is 6.92 Å². The molecule has 0 N–H and O–H groups in total. The number of rotatable bonds is 2. The van der Waals surface area contributed by atoms with Gasteiger partial charge in [-0.15, -0.1) is 0 Å². The molecule has 2 nitrogen and oxygen atoms in total. The van der Waals surface area contributed by atoms with E-state index >= 15 is 0 Å². The van der Waals surface area contributed by atoms with E-state index in [9.17, 15) is 18.1 Å². The van der Waals surface area contributed by atoms with Gasteiger partial charge in [-0.3, -0.25) is 4.94 Å². The minimum absolute atomic E-state index is 0.847. The fourth-order valence-corrected chi connectivity index (χ4v) is 0.162. The van der Waals surface area contributed by atoms with E-state index in [1.165, 1.54) is 6.08 Å². The van der Waals surface area contributed by atoms with Crippen LogP contribution in [0.15, 0.2) is 12.2 Å². The summed E-state index contributed by atoms with van der Waals surface area (Å²) < 4.78 is 31.4. The molecule has 0 saturated heterocycles. The number of halogens is 3. The molecule has 0 aliphatic rings. The van der Waals surface area contributed by atoms with Gasteiger partial charge in [0.1, 0.15) is 13.3 Å². The first-order chi connectivity index (χ1) is 5.22. The van der Waals surface area contributed by atoms with Gasteiger partial charge in [0.15, 0.2) is 0 Å². The highest BCUT2D eigenvalue weighted by Crippen LogP contribution is 1.78. The molecule has 0 aliphatic carbocycles. The van der Waals surface area contributed by atoms with Crippen molar-refractivity contribution in [1.82, 2.24) is 0 Å². The zero-order valence-electron chi connectivity index (χ0n) is 6.02. The molecule has 0 rings (SSSR count). The molecule has 0 radical (unpaired) electrons. The monoisotopic (exact) mass is 170 g/mol. The molecule has 66 valence electrons. The van der Waals surface area contributed by atoms with Crippen molar-refractivity contribution in [1.29, 1.82) is 0 Å². The highest BCUT2D eigenvalue weighted by atomic mass is 19.3. The van der Waals surface area contributed by atoms with Gasteiger partial charge in [-0.05, 0) is 6.92 Å². The molecule has 0 amide bonds. The summed E-state index contributed by atoms with van der Waals surface area (Å²) in [4.78, 5) is 12.5. The summed E-state index contributed by atoms with van der Waals surface area (Å²) in [6.45, 7) is -0.100. The largest absolute Gasteiger partial charge is 0.372 e. The van der Waals surface area contributed by atoms with Crippen molar-refractivity contribution in [2.75, 3.05) is 13.3 Å². The van der Waals surface area contributed by atoms with Crippen molar-refractivity contribution >= 4 is 5.97 Å². The van der Waals surface area contributed by atoms with Crippen molar-refractivity contribution in [2.24, 2.45) is 0 Å². The van der Waals surface area contributed by atoms with Gasteiger partial charge in [-0.2, -0.15) is 0 Å². The SMILES string of the molecule is C/C=C/C(=O)OF.FCCF. The van der Waals surface area contributed by atoms with Crippen LogP contribution in [0.25, 0.3) is 0 Å². The predicted molar refractivity (Wildman–Crippen MR) is 34.0 cm³/mol. The molecular weight excluding hydrogens is 161 g/mol. The predicted octanol–water partition coefficient (Wildman–Crippen LogP) is 1.92. The Morgan fingerprint density at radius 3 is 2.00 bits per heavy atom. The van der Waals surface area contributed by atoms with Crippen molar-refractivity contribution in [3.05, 3.63) is 12.2 Å². The summed E-state index contributed by atoms with van der Waals surface area (Å²) in [6.07, 6.45) is 2.38. The highest BCUT2D eigenvalue weighted by Gasteiger charge is 1.89. The fourth-order valence-electron chi connectivity index (χ4n) is 0.162. The maximum Gasteiger partial charge on any atom is 0.372 e. The molecule has 0 saturated carbocycles. The summed E-state index contributed by atoms with van der Waals surface area (Å²) in [5, 5.41) is 0. The number of hydrogen-bond donors (Lipinski definition) is 0. The first-order valence-electron chi connectivity index (χ1n) is 2.80. The Hall–Kier alpha value is -1.00. The Balaban J connectivity index is 0. The summed E-state index contributed by atoms with van der Waals surface area (Å²) >= 11 is 0. The minimum atomic E-state index is -0.970.